The highest BCUT2D eigenvalue weighted by Gasteiger charge is 2.30. The number of hydrogen-bond donors (Lipinski definition) is 1. The fourth-order valence-electron chi connectivity index (χ4n) is 3.54. The van der Waals surface area contributed by atoms with Gasteiger partial charge in [0, 0.05) is 39.3 Å². The lowest BCUT2D eigenvalue weighted by Gasteiger charge is -2.32. The summed E-state index contributed by atoms with van der Waals surface area (Å²) in [6.07, 6.45) is 1.19. The van der Waals surface area contributed by atoms with Crippen molar-refractivity contribution in [2.24, 2.45) is 4.99 Å². The van der Waals surface area contributed by atoms with Crippen LogP contribution in [0.25, 0.3) is 0 Å². The largest absolute Gasteiger partial charge is 0.492 e. The molecule has 0 bridgehead atoms. The SMILES string of the molecule is CN=C(NCCOc1cccc(C)c1)N1CCC(N2CCOCC2)C1.I. The Morgan fingerprint density at radius 1 is 1.31 bits per heavy atom. The number of morpholine rings is 1. The van der Waals surface area contributed by atoms with Crippen molar-refractivity contribution in [2.45, 2.75) is 19.4 Å². The van der Waals surface area contributed by atoms with Gasteiger partial charge in [-0.2, -0.15) is 0 Å². The molecule has 0 aliphatic carbocycles. The second-order valence-electron chi connectivity index (χ2n) is 6.68. The van der Waals surface area contributed by atoms with Crippen LogP contribution in [0.1, 0.15) is 12.0 Å². The van der Waals surface area contributed by atoms with E-state index in [0.717, 1.165) is 57.6 Å². The molecule has 1 aromatic rings. The Hall–Kier alpha value is -1.06. The van der Waals surface area contributed by atoms with Crippen molar-refractivity contribution in [3.8, 4) is 5.75 Å². The highest BCUT2D eigenvalue weighted by atomic mass is 127. The highest BCUT2D eigenvalue weighted by Crippen LogP contribution is 2.17. The average molecular weight is 474 g/mol. The Kier molecular flexibility index (Phi) is 8.94. The van der Waals surface area contributed by atoms with Gasteiger partial charge in [0.1, 0.15) is 12.4 Å². The van der Waals surface area contributed by atoms with E-state index in [4.69, 9.17) is 9.47 Å². The molecule has 0 aromatic heterocycles. The van der Waals surface area contributed by atoms with Crippen LogP contribution in [-0.2, 0) is 4.74 Å². The van der Waals surface area contributed by atoms with Gasteiger partial charge in [0.15, 0.2) is 5.96 Å². The van der Waals surface area contributed by atoms with Gasteiger partial charge in [-0.1, -0.05) is 12.1 Å². The van der Waals surface area contributed by atoms with Gasteiger partial charge < -0.3 is 19.7 Å². The summed E-state index contributed by atoms with van der Waals surface area (Å²) in [5.41, 5.74) is 1.22. The van der Waals surface area contributed by atoms with Crippen LogP contribution in [0, 0.1) is 6.92 Å². The fourth-order valence-corrected chi connectivity index (χ4v) is 3.54. The number of guanidine groups is 1. The van der Waals surface area contributed by atoms with E-state index in [1.807, 2.05) is 19.2 Å². The van der Waals surface area contributed by atoms with Crippen LogP contribution in [0.15, 0.2) is 29.3 Å². The zero-order valence-electron chi connectivity index (χ0n) is 15.8. The molecule has 0 spiro atoms. The normalized spacial score (nSPS) is 21.4. The maximum Gasteiger partial charge on any atom is 0.193 e. The molecular weight excluding hydrogens is 443 g/mol. The van der Waals surface area contributed by atoms with E-state index in [0.29, 0.717) is 12.6 Å². The molecule has 26 heavy (non-hydrogen) atoms. The first-order valence-corrected chi connectivity index (χ1v) is 9.23. The molecule has 0 saturated carbocycles. The first-order chi connectivity index (χ1) is 12.3. The van der Waals surface area contributed by atoms with Crippen LogP contribution in [0.4, 0.5) is 0 Å². The van der Waals surface area contributed by atoms with E-state index in [1.54, 1.807) is 0 Å². The summed E-state index contributed by atoms with van der Waals surface area (Å²) in [6, 6.07) is 8.77. The smallest absolute Gasteiger partial charge is 0.193 e. The quantitative estimate of drug-likeness (QED) is 0.306. The lowest BCUT2D eigenvalue weighted by Crippen LogP contribution is -2.47. The highest BCUT2D eigenvalue weighted by molar-refractivity contribution is 14.0. The molecule has 146 valence electrons. The van der Waals surface area contributed by atoms with Crippen LogP contribution < -0.4 is 10.1 Å². The van der Waals surface area contributed by atoms with E-state index < -0.39 is 0 Å². The monoisotopic (exact) mass is 474 g/mol. The zero-order chi connectivity index (χ0) is 17.5. The second kappa shape index (κ2) is 10.9. The van der Waals surface area contributed by atoms with E-state index in [9.17, 15) is 0 Å². The van der Waals surface area contributed by atoms with E-state index >= 15 is 0 Å². The predicted octanol–water partition coefficient (Wildman–Crippen LogP) is 1.97. The number of halogens is 1. The summed E-state index contributed by atoms with van der Waals surface area (Å²) in [6.45, 7) is 9.37. The van der Waals surface area contributed by atoms with Crippen molar-refractivity contribution < 1.29 is 9.47 Å². The maximum absolute atomic E-state index is 5.80. The molecular formula is C19H31IN4O2. The van der Waals surface area contributed by atoms with Crippen molar-refractivity contribution in [1.29, 1.82) is 0 Å². The molecule has 2 aliphatic heterocycles. The summed E-state index contributed by atoms with van der Waals surface area (Å²) in [5, 5.41) is 3.43. The number of hydrogen-bond acceptors (Lipinski definition) is 4. The third-order valence-corrected chi connectivity index (χ3v) is 4.88. The fraction of sp³-hybridized carbons (Fsp3) is 0.632. The molecule has 2 fully saturated rings. The minimum absolute atomic E-state index is 0. The standard InChI is InChI=1S/C19H30N4O2.HI/c1-16-4-3-5-18(14-16)25-11-7-21-19(20-2)23-8-6-17(15-23)22-9-12-24-13-10-22;/h3-5,14,17H,6-13,15H2,1-2H3,(H,20,21);1H. The van der Waals surface area contributed by atoms with Crippen LogP contribution in [0.5, 0.6) is 5.75 Å². The Balaban J connectivity index is 0.00000243. The number of aryl methyl sites for hydroxylation is 1. The molecule has 1 unspecified atom stereocenters. The average Bonchev–Trinajstić information content (AvgIpc) is 3.12. The van der Waals surface area contributed by atoms with Gasteiger partial charge in [-0.15, -0.1) is 24.0 Å². The Bertz CT molecular complexity index is 578. The number of aliphatic imine (C=N–C) groups is 1. The van der Waals surface area contributed by atoms with Crippen LogP contribution in [0.3, 0.4) is 0 Å². The molecule has 2 heterocycles. The third kappa shape index (κ3) is 5.99. The summed E-state index contributed by atoms with van der Waals surface area (Å²) in [7, 11) is 1.85. The predicted molar refractivity (Wildman–Crippen MR) is 116 cm³/mol. The van der Waals surface area contributed by atoms with Gasteiger partial charge in [-0.3, -0.25) is 9.89 Å². The topological polar surface area (TPSA) is 49.3 Å². The molecule has 0 radical (unpaired) electrons. The minimum atomic E-state index is 0. The zero-order valence-corrected chi connectivity index (χ0v) is 18.1. The van der Waals surface area contributed by atoms with Crippen molar-refractivity contribution in [3.05, 3.63) is 29.8 Å². The Morgan fingerprint density at radius 3 is 2.85 bits per heavy atom. The van der Waals surface area contributed by atoms with Crippen LogP contribution in [0.2, 0.25) is 0 Å². The summed E-state index contributed by atoms with van der Waals surface area (Å²) in [4.78, 5) is 9.35. The third-order valence-electron chi connectivity index (χ3n) is 4.88. The van der Waals surface area contributed by atoms with E-state index in [-0.39, 0.29) is 24.0 Å². The minimum Gasteiger partial charge on any atom is -0.492 e. The lowest BCUT2D eigenvalue weighted by molar-refractivity contribution is 0.0195. The van der Waals surface area contributed by atoms with Gasteiger partial charge in [0.25, 0.3) is 0 Å². The number of nitrogens with zero attached hydrogens (tertiary/aromatic N) is 3. The van der Waals surface area contributed by atoms with Crippen molar-refractivity contribution in [3.63, 3.8) is 0 Å². The summed E-state index contributed by atoms with van der Waals surface area (Å²) >= 11 is 0. The van der Waals surface area contributed by atoms with E-state index in [2.05, 4.69) is 39.2 Å². The van der Waals surface area contributed by atoms with Gasteiger partial charge in [0.05, 0.1) is 19.8 Å². The van der Waals surface area contributed by atoms with Gasteiger partial charge >= 0.3 is 0 Å². The first kappa shape index (κ1) is 21.2. The first-order valence-electron chi connectivity index (χ1n) is 9.23. The van der Waals surface area contributed by atoms with Crippen molar-refractivity contribution >= 4 is 29.9 Å². The number of nitrogens with one attached hydrogen (secondary N) is 1. The molecule has 0 amide bonds. The second-order valence-corrected chi connectivity index (χ2v) is 6.68. The molecule has 1 atom stereocenters. The van der Waals surface area contributed by atoms with E-state index in [1.165, 1.54) is 12.0 Å². The Morgan fingerprint density at radius 2 is 2.12 bits per heavy atom. The summed E-state index contributed by atoms with van der Waals surface area (Å²) < 4.78 is 11.3. The number of ether oxygens (including phenoxy) is 2. The molecule has 2 aliphatic rings. The van der Waals surface area contributed by atoms with Crippen LogP contribution in [-0.4, -0.2) is 81.4 Å². The molecule has 3 rings (SSSR count). The maximum atomic E-state index is 5.80. The molecule has 1 N–H and O–H groups in total. The Labute approximate surface area is 173 Å². The van der Waals surface area contributed by atoms with Crippen molar-refractivity contribution in [1.82, 2.24) is 15.1 Å². The number of rotatable bonds is 5. The summed E-state index contributed by atoms with van der Waals surface area (Å²) in [5.74, 6) is 1.90. The van der Waals surface area contributed by atoms with Crippen LogP contribution >= 0.6 is 24.0 Å². The van der Waals surface area contributed by atoms with Gasteiger partial charge in [-0.05, 0) is 31.0 Å². The molecule has 1 aromatic carbocycles. The molecule has 2 saturated heterocycles. The van der Waals surface area contributed by atoms with Crippen molar-refractivity contribution in [2.75, 3.05) is 59.6 Å². The molecule has 6 nitrogen and oxygen atoms in total. The number of likely N-dealkylation sites (tertiary alicyclic amines) is 1. The molecule has 7 heteroatoms. The van der Waals surface area contributed by atoms with Gasteiger partial charge in [0.2, 0.25) is 0 Å². The number of benzene rings is 1. The lowest BCUT2D eigenvalue weighted by atomic mass is 10.2. The van der Waals surface area contributed by atoms with Gasteiger partial charge in [-0.25, -0.2) is 0 Å².